The number of halogens is 2. The number of hydrogen-bond donors (Lipinski definition) is 1. The van der Waals surface area contributed by atoms with Crippen molar-refractivity contribution in [3.8, 4) is 0 Å². The van der Waals surface area contributed by atoms with Crippen molar-refractivity contribution in [2.75, 3.05) is 25.0 Å². The molecular formula is C19H23Cl2N5O. The van der Waals surface area contributed by atoms with Gasteiger partial charge in [-0.25, -0.2) is 14.8 Å². The molecule has 1 N–H and O–H groups in total. The van der Waals surface area contributed by atoms with E-state index < -0.39 is 0 Å². The second kappa shape index (κ2) is 8.76. The van der Waals surface area contributed by atoms with Gasteiger partial charge in [0.25, 0.3) is 0 Å². The lowest BCUT2D eigenvalue weighted by Crippen LogP contribution is -2.51. The molecule has 1 aromatic carbocycles. The van der Waals surface area contributed by atoms with Gasteiger partial charge in [0.1, 0.15) is 0 Å². The first-order valence-electron chi connectivity index (χ1n) is 8.96. The molecule has 1 aliphatic heterocycles. The van der Waals surface area contributed by atoms with Gasteiger partial charge < -0.3 is 15.1 Å². The highest BCUT2D eigenvalue weighted by Crippen LogP contribution is 2.29. The fourth-order valence-corrected chi connectivity index (χ4v) is 3.80. The Morgan fingerprint density at radius 2 is 2.07 bits per heavy atom. The summed E-state index contributed by atoms with van der Waals surface area (Å²) < 4.78 is 0. The van der Waals surface area contributed by atoms with Crippen LogP contribution in [-0.4, -0.2) is 47.1 Å². The molecule has 8 heteroatoms. The number of nitrogens with one attached hydrogen (secondary N) is 1. The van der Waals surface area contributed by atoms with Gasteiger partial charge in [-0.15, -0.1) is 0 Å². The molecule has 0 saturated carbocycles. The Kier molecular flexibility index (Phi) is 6.39. The second-order valence-corrected chi connectivity index (χ2v) is 7.58. The molecule has 144 valence electrons. The Bertz CT molecular complexity index is 789. The van der Waals surface area contributed by atoms with E-state index in [4.69, 9.17) is 23.2 Å². The van der Waals surface area contributed by atoms with Gasteiger partial charge in [-0.3, -0.25) is 0 Å². The molecule has 2 atom stereocenters. The standard InChI is InChI=1S/C19H23Cl2N5O/c1-13(16-7-6-14(20)11-17(16)21)25(2)19(27)24-15-5-3-10-26(12-15)18-22-8-4-9-23-18/h4,6-9,11,13,15H,3,5,10,12H2,1-2H3,(H,24,27)/t13-,15-/m1/s1. The van der Waals surface area contributed by atoms with Gasteiger partial charge in [-0.05, 0) is 43.5 Å². The number of nitrogens with zero attached hydrogens (tertiary/aromatic N) is 4. The van der Waals surface area contributed by atoms with Gasteiger partial charge >= 0.3 is 6.03 Å². The van der Waals surface area contributed by atoms with Crippen molar-refractivity contribution in [1.82, 2.24) is 20.2 Å². The fourth-order valence-electron chi connectivity index (χ4n) is 3.23. The van der Waals surface area contributed by atoms with E-state index in [2.05, 4.69) is 20.2 Å². The van der Waals surface area contributed by atoms with E-state index in [1.165, 1.54) is 0 Å². The van der Waals surface area contributed by atoms with E-state index in [0.717, 1.165) is 24.9 Å². The van der Waals surface area contributed by atoms with Crippen molar-refractivity contribution < 1.29 is 4.79 Å². The Morgan fingerprint density at radius 1 is 1.33 bits per heavy atom. The maximum Gasteiger partial charge on any atom is 0.317 e. The Balaban J connectivity index is 1.62. The first-order valence-corrected chi connectivity index (χ1v) is 9.71. The zero-order valence-electron chi connectivity index (χ0n) is 15.4. The zero-order chi connectivity index (χ0) is 19.4. The third-order valence-electron chi connectivity index (χ3n) is 4.90. The van der Waals surface area contributed by atoms with Crippen molar-refractivity contribution in [3.63, 3.8) is 0 Å². The van der Waals surface area contributed by atoms with Gasteiger partial charge in [0.2, 0.25) is 5.95 Å². The Hall–Kier alpha value is -2.05. The maximum atomic E-state index is 12.7. The largest absolute Gasteiger partial charge is 0.339 e. The first kappa shape index (κ1) is 19.7. The molecule has 3 rings (SSSR count). The highest BCUT2D eigenvalue weighted by atomic mass is 35.5. The maximum absolute atomic E-state index is 12.7. The Labute approximate surface area is 169 Å². The van der Waals surface area contributed by atoms with Crippen LogP contribution in [0.4, 0.5) is 10.7 Å². The van der Waals surface area contributed by atoms with Crippen LogP contribution in [0.1, 0.15) is 31.4 Å². The van der Waals surface area contributed by atoms with Gasteiger partial charge in [0.05, 0.1) is 6.04 Å². The molecule has 27 heavy (non-hydrogen) atoms. The summed E-state index contributed by atoms with van der Waals surface area (Å²) in [5.74, 6) is 0.700. The minimum atomic E-state index is -0.174. The minimum absolute atomic E-state index is 0.0467. The number of hydrogen-bond acceptors (Lipinski definition) is 4. The monoisotopic (exact) mass is 407 g/mol. The Morgan fingerprint density at radius 3 is 2.78 bits per heavy atom. The molecule has 0 spiro atoms. The van der Waals surface area contributed by atoms with Crippen LogP contribution in [0, 0.1) is 0 Å². The van der Waals surface area contributed by atoms with Crippen LogP contribution < -0.4 is 10.2 Å². The summed E-state index contributed by atoms with van der Waals surface area (Å²) in [6, 6.07) is 6.87. The average molecular weight is 408 g/mol. The van der Waals surface area contributed by atoms with E-state index >= 15 is 0 Å². The number of benzene rings is 1. The van der Waals surface area contributed by atoms with E-state index in [9.17, 15) is 4.79 Å². The normalized spacial score (nSPS) is 18.1. The molecule has 1 aromatic heterocycles. The van der Waals surface area contributed by atoms with Crippen LogP contribution >= 0.6 is 23.2 Å². The highest BCUT2D eigenvalue weighted by molar-refractivity contribution is 6.35. The average Bonchev–Trinajstić information content (AvgIpc) is 2.68. The van der Waals surface area contributed by atoms with Crippen LogP contribution in [-0.2, 0) is 0 Å². The van der Waals surface area contributed by atoms with Crippen LogP contribution in [0.2, 0.25) is 10.0 Å². The molecule has 1 aliphatic rings. The molecule has 2 amide bonds. The van der Waals surface area contributed by atoms with Gasteiger partial charge in [0, 0.05) is 48.6 Å². The predicted octanol–water partition coefficient (Wildman–Crippen LogP) is 4.15. The highest BCUT2D eigenvalue weighted by Gasteiger charge is 2.26. The van der Waals surface area contributed by atoms with Crippen LogP contribution in [0.3, 0.4) is 0 Å². The number of piperidine rings is 1. The van der Waals surface area contributed by atoms with Gasteiger partial charge in [-0.1, -0.05) is 29.3 Å². The second-order valence-electron chi connectivity index (χ2n) is 6.74. The lowest BCUT2D eigenvalue weighted by Gasteiger charge is -2.35. The molecule has 0 unspecified atom stereocenters. The van der Waals surface area contributed by atoms with Crippen LogP contribution in [0.5, 0.6) is 0 Å². The van der Waals surface area contributed by atoms with Crippen molar-refractivity contribution in [1.29, 1.82) is 0 Å². The van der Waals surface area contributed by atoms with Crippen LogP contribution in [0.15, 0.2) is 36.7 Å². The summed E-state index contributed by atoms with van der Waals surface area (Å²) in [6.45, 7) is 3.53. The summed E-state index contributed by atoms with van der Waals surface area (Å²) in [5, 5.41) is 4.25. The number of rotatable bonds is 4. The van der Waals surface area contributed by atoms with Gasteiger partial charge in [0.15, 0.2) is 0 Å². The summed E-state index contributed by atoms with van der Waals surface area (Å²) in [7, 11) is 1.77. The van der Waals surface area contributed by atoms with Crippen molar-refractivity contribution in [3.05, 3.63) is 52.3 Å². The van der Waals surface area contributed by atoms with E-state index in [1.807, 2.05) is 13.0 Å². The predicted molar refractivity (Wildman–Crippen MR) is 108 cm³/mol. The third kappa shape index (κ3) is 4.82. The third-order valence-corrected chi connectivity index (χ3v) is 5.46. The van der Waals surface area contributed by atoms with E-state index in [0.29, 0.717) is 22.5 Å². The summed E-state index contributed by atoms with van der Waals surface area (Å²) in [6.07, 6.45) is 5.37. The number of carbonyl (C=O) groups excluding carboxylic acids is 1. The molecule has 0 radical (unpaired) electrons. The van der Waals surface area contributed by atoms with Gasteiger partial charge in [-0.2, -0.15) is 0 Å². The number of amides is 2. The first-order chi connectivity index (χ1) is 13.0. The van der Waals surface area contributed by atoms with Crippen molar-refractivity contribution >= 4 is 35.2 Å². The molecule has 6 nitrogen and oxygen atoms in total. The SMILES string of the molecule is C[C@H](c1ccc(Cl)cc1Cl)N(C)C(=O)N[C@@H]1CCCN(c2ncccn2)C1. The van der Waals surface area contributed by atoms with E-state index in [1.54, 1.807) is 42.5 Å². The summed E-state index contributed by atoms with van der Waals surface area (Å²) in [5.41, 5.74) is 0.863. The minimum Gasteiger partial charge on any atom is -0.339 e. The molecule has 0 bridgehead atoms. The van der Waals surface area contributed by atoms with Crippen molar-refractivity contribution in [2.24, 2.45) is 0 Å². The number of anilines is 1. The lowest BCUT2D eigenvalue weighted by molar-refractivity contribution is 0.188. The summed E-state index contributed by atoms with van der Waals surface area (Å²) >= 11 is 12.3. The molecule has 1 saturated heterocycles. The topological polar surface area (TPSA) is 61.4 Å². The molecule has 1 fully saturated rings. The molecule has 2 aromatic rings. The fraction of sp³-hybridized carbons (Fsp3) is 0.421. The molecular weight excluding hydrogens is 385 g/mol. The van der Waals surface area contributed by atoms with Crippen molar-refractivity contribution in [2.45, 2.75) is 31.8 Å². The lowest BCUT2D eigenvalue weighted by atomic mass is 10.1. The quantitative estimate of drug-likeness (QED) is 0.826. The number of carbonyl (C=O) groups is 1. The van der Waals surface area contributed by atoms with E-state index in [-0.39, 0.29) is 18.1 Å². The smallest absolute Gasteiger partial charge is 0.317 e. The van der Waals surface area contributed by atoms with Crippen LogP contribution in [0.25, 0.3) is 0 Å². The number of aromatic nitrogens is 2. The molecule has 2 heterocycles. The summed E-state index contributed by atoms with van der Waals surface area (Å²) in [4.78, 5) is 25.1. The zero-order valence-corrected chi connectivity index (χ0v) is 16.9. The molecule has 0 aliphatic carbocycles. The number of urea groups is 1.